The van der Waals surface area contributed by atoms with Gasteiger partial charge in [0.05, 0.1) is 4.75 Å². The Kier molecular flexibility index (Phi) is 2.31. The van der Waals surface area contributed by atoms with Crippen LogP contribution in [0.4, 0.5) is 0 Å². The van der Waals surface area contributed by atoms with Crippen molar-refractivity contribution in [2.24, 2.45) is 0 Å². The molecule has 0 spiro atoms. The molecule has 0 aromatic carbocycles. The summed E-state index contributed by atoms with van der Waals surface area (Å²) in [5.74, 6) is 0. The first-order chi connectivity index (χ1) is 4.71. The molecule has 59 valence electrons. The van der Waals surface area contributed by atoms with Crippen molar-refractivity contribution < 1.29 is 13.5 Å². The lowest BCUT2D eigenvalue weighted by Crippen LogP contribution is -2.30. The fourth-order valence-electron chi connectivity index (χ4n) is 1.41. The van der Waals surface area contributed by atoms with Gasteiger partial charge in [-0.05, 0) is 12.8 Å². The first kappa shape index (κ1) is 8.01. The monoisotopic (exact) mass is 163 g/mol. The molecular formula is C6H11O3S. The third-order valence-corrected chi connectivity index (χ3v) is 3.54. The van der Waals surface area contributed by atoms with E-state index in [0.717, 1.165) is 12.8 Å². The molecule has 3 nitrogen and oxygen atoms in total. The van der Waals surface area contributed by atoms with Crippen LogP contribution >= 0.6 is 0 Å². The van der Waals surface area contributed by atoms with Crippen LogP contribution in [0.1, 0.15) is 25.7 Å². The van der Waals surface area contributed by atoms with Crippen molar-refractivity contribution >= 4 is 10.7 Å². The minimum atomic E-state index is -2.50. The summed E-state index contributed by atoms with van der Waals surface area (Å²) in [7, 11) is -2.50. The Hall–Kier alpha value is -0.0900. The molecule has 4 heteroatoms. The van der Waals surface area contributed by atoms with Crippen molar-refractivity contribution in [3.63, 3.8) is 0 Å². The van der Waals surface area contributed by atoms with E-state index in [1.807, 2.05) is 0 Å². The van der Waals surface area contributed by atoms with Gasteiger partial charge in [0.1, 0.15) is 17.3 Å². The Labute approximate surface area is 62.0 Å². The van der Waals surface area contributed by atoms with Crippen molar-refractivity contribution in [3.05, 3.63) is 0 Å². The maximum absolute atomic E-state index is 10.6. The molecule has 1 aliphatic carbocycles. The zero-order valence-corrected chi connectivity index (χ0v) is 6.60. The molecule has 0 aromatic heterocycles. The molecule has 0 N–H and O–H groups in total. The van der Waals surface area contributed by atoms with E-state index in [4.69, 9.17) is 0 Å². The van der Waals surface area contributed by atoms with Crippen LogP contribution in [-0.2, 0) is 15.8 Å². The van der Waals surface area contributed by atoms with E-state index in [2.05, 4.69) is 0 Å². The summed E-state index contributed by atoms with van der Waals surface area (Å²) in [6.07, 6.45) is 2.95. The van der Waals surface area contributed by atoms with Crippen LogP contribution in [0.25, 0.3) is 0 Å². The summed E-state index contributed by atoms with van der Waals surface area (Å²) in [5, 5.41) is 10.5. The standard InChI is InChI=1S/C6H11O3S/c7-5-6(10(8)9)3-1-2-4-6/h10H,1-5H2. The van der Waals surface area contributed by atoms with Crippen LogP contribution in [0, 0.1) is 0 Å². The number of rotatable bonds is 2. The number of hydrogen-bond acceptors (Lipinski definition) is 2. The molecular weight excluding hydrogens is 152 g/mol. The molecule has 0 amide bonds. The van der Waals surface area contributed by atoms with Crippen molar-refractivity contribution in [3.8, 4) is 0 Å². The molecule has 10 heavy (non-hydrogen) atoms. The lowest BCUT2D eigenvalue weighted by Gasteiger charge is -2.15. The molecule has 1 radical (unpaired) electrons. The number of hydrogen-bond donors (Lipinski definition) is 1. The minimum absolute atomic E-state index is 0.453. The molecule has 0 unspecified atom stereocenters. The van der Waals surface area contributed by atoms with Crippen molar-refractivity contribution in [1.82, 2.24) is 0 Å². The fraction of sp³-hybridized carbons (Fsp3) is 1.00. The zero-order valence-electron chi connectivity index (χ0n) is 5.71. The lowest BCUT2D eigenvalue weighted by atomic mass is 10.1. The van der Waals surface area contributed by atoms with Gasteiger partial charge in [-0.15, -0.1) is 0 Å². The molecule has 0 aliphatic heterocycles. The summed E-state index contributed by atoms with van der Waals surface area (Å²) in [5.41, 5.74) is 0. The Balaban J connectivity index is 2.77. The molecule has 1 saturated carbocycles. The van der Waals surface area contributed by atoms with Crippen molar-refractivity contribution in [2.45, 2.75) is 30.4 Å². The van der Waals surface area contributed by atoms with Crippen molar-refractivity contribution in [2.75, 3.05) is 6.61 Å². The first-order valence-corrected chi connectivity index (χ1v) is 4.62. The summed E-state index contributed by atoms with van der Waals surface area (Å²) < 4.78 is 20.3. The predicted molar refractivity (Wildman–Crippen MR) is 37.1 cm³/mol. The summed E-state index contributed by atoms with van der Waals surface area (Å²) >= 11 is 0. The predicted octanol–water partition coefficient (Wildman–Crippen LogP) is 0.341. The van der Waals surface area contributed by atoms with Gasteiger partial charge in [0, 0.05) is 0 Å². The lowest BCUT2D eigenvalue weighted by molar-refractivity contribution is 0.158. The molecule has 0 atom stereocenters. The zero-order chi connectivity index (χ0) is 7.61. The van der Waals surface area contributed by atoms with Gasteiger partial charge in [-0.25, -0.2) is 13.5 Å². The van der Waals surface area contributed by atoms with E-state index in [1.165, 1.54) is 0 Å². The summed E-state index contributed by atoms with van der Waals surface area (Å²) in [6.45, 7) is -0.453. The number of thiol groups is 1. The SMILES string of the molecule is [O]CC1([SH](=O)=O)CCCC1. The quantitative estimate of drug-likeness (QED) is 0.597. The maximum atomic E-state index is 10.6. The van der Waals surface area contributed by atoms with E-state index < -0.39 is 22.1 Å². The Morgan fingerprint density at radius 1 is 1.20 bits per heavy atom. The molecule has 1 aliphatic rings. The Morgan fingerprint density at radius 2 is 1.70 bits per heavy atom. The summed E-state index contributed by atoms with van der Waals surface area (Å²) in [6, 6.07) is 0. The van der Waals surface area contributed by atoms with Crippen molar-refractivity contribution in [1.29, 1.82) is 0 Å². The second kappa shape index (κ2) is 2.88. The molecule has 1 rings (SSSR count). The highest BCUT2D eigenvalue weighted by Gasteiger charge is 2.37. The van der Waals surface area contributed by atoms with Gasteiger partial charge in [0.2, 0.25) is 0 Å². The van der Waals surface area contributed by atoms with Crippen LogP contribution in [0.2, 0.25) is 0 Å². The first-order valence-electron chi connectivity index (χ1n) is 3.44. The average Bonchev–Trinajstić information content (AvgIpc) is 2.35. The molecule has 1 fully saturated rings. The minimum Gasteiger partial charge on any atom is -0.235 e. The maximum Gasteiger partial charge on any atom is 0.148 e. The molecule has 0 bridgehead atoms. The molecule has 0 heterocycles. The fourth-order valence-corrected chi connectivity index (χ4v) is 2.20. The van der Waals surface area contributed by atoms with E-state index in [0.29, 0.717) is 12.8 Å². The van der Waals surface area contributed by atoms with Gasteiger partial charge in [-0.2, -0.15) is 0 Å². The van der Waals surface area contributed by atoms with Crippen LogP contribution in [0.5, 0.6) is 0 Å². The van der Waals surface area contributed by atoms with Gasteiger partial charge in [-0.3, -0.25) is 0 Å². The van der Waals surface area contributed by atoms with Crippen LogP contribution in [-0.4, -0.2) is 19.8 Å². The molecule has 0 aromatic rings. The van der Waals surface area contributed by atoms with Crippen LogP contribution in [0.3, 0.4) is 0 Å². The highest BCUT2D eigenvalue weighted by atomic mass is 32.2. The summed E-state index contributed by atoms with van der Waals surface area (Å²) in [4.78, 5) is 0. The van der Waals surface area contributed by atoms with E-state index >= 15 is 0 Å². The average molecular weight is 163 g/mol. The van der Waals surface area contributed by atoms with Crippen LogP contribution in [0.15, 0.2) is 0 Å². The van der Waals surface area contributed by atoms with Crippen LogP contribution < -0.4 is 0 Å². The third kappa shape index (κ3) is 1.18. The van der Waals surface area contributed by atoms with E-state index in [9.17, 15) is 13.5 Å². The smallest absolute Gasteiger partial charge is 0.148 e. The van der Waals surface area contributed by atoms with Gasteiger partial charge < -0.3 is 0 Å². The normalized spacial score (nSPS) is 23.8. The highest BCUT2D eigenvalue weighted by molar-refractivity contribution is 7.74. The highest BCUT2D eigenvalue weighted by Crippen LogP contribution is 2.32. The van der Waals surface area contributed by atoms with Gasteiger partial charge in [0.15, 0.2) is 0 Å². The largest absolute Gasteiger partial charge is 0.235 e. The Bertz CT molecular complexity index is 171. The Morgan fingerprint density at radius 3 is 1.90 bits per heavy atom. The van der Waals surface area contributed by atoms with Gasteiger partial charge >= 0.3 is 0 Å². The van der Waals surface area contributed by atoms with Gasteiger partial charge in [0.25, 0.3) is 0 Å². The third-order valence-electron chi connectivity index (χ3n) is 2.19. The second-order valence-electron chi connectivity index (χ2n) is 2.83. The molecule has 0 saturated heterocycles. The second-order valence-corrected chi connectivity index (χ2v) is 4.30. The van der Waals surface area contributed by atoms with Gasteiger partial charge in [-0.1, -0.05) is 12.8 Å². The van der Waals surface area contributed by atoms with E-state index in [-0.39, 0.29) is 0 Å². The van der Waals surface area contributed by atoms with E-state index in [1.54, 1.807) is 0 Å². The topological polar surface area (TPSA) is 54.0 Å².